The second kappa shape index (κ2) is 10.6. The zero-order valence-corrected chi connectivity index (χ0v) is 17.8. The Morgan fingerprint density at radius 3 is 2.63 bits per heavy atom. The minimum atomic E-state index is -0.217. The van der Waals surface area contributed by atoms with Crippen molar-refractivity contribution in [1.82, 2.24) is 15.1 Å². The lowest BCUT2D eigenvalue weighted by molar-refractivity contribution is -0.136. The number of amides is 2. The Bertz CT molecular complexity index is 991. The highest BCUT2D eigenvalue weighted by Crippen LogP contribution is 2.26. The third-order valence-electron chi connectivity index (χ3n) is 4.38. The van der Waals surface area contributed by atoms with E-state index < -0.39 is 0 Å². The minimum absolute atomic E-state index is 0.0231. The molecule has 0 fully saturated rings. The molecule has 1 N–H and O–H groups in total. The van der Waals surface area contributed by atoms with Gasteiger partial charge in [-0.2, -0.15) is 0 Å². The Labute approximate surface area is 179 Å². The van der Waals surface area contributed by atoms with Gasteiger partial charge in [-0.1, -0.05) is 65.4 Å². The van der Waals surface area contributed by atoms with Gasteiger partial charge in [0.05, 0.1) is 0 Å². The first-order chi connectivity index (χ1) is 14.5. The van der Waals surface area contributed by atoms with Gasteiger partial charge in [0.2, 0.25) is 16.9 Å². The molecule has 0 saturated heterocycles. The van der Waals surface area contributed by atoms with E-state index in [1.165, 1.54) is 18.4 Å². The van der Waals surface area contributed by atoms with Gasteiger partial charge in [0.25, 0.3) is 0 Å². The first-order valence-corrected chi connectivity index (χ1v) is 10.4. The normalized spacial score (nSPS) is 10.6. The van der Waals surface area contributed by atoms with Crippen LogP contribution in [-0.4, -0.2) is 47.2 Å². The molecule has 156 valence electrons. The summed E-state index contributed by atoms with van der Waals surface area (Å²) in [4.78, 5) is 26.4. The molecule has 0 aliphatic carbocycles. The largest absolute Gasteiger partial charge is 0.375 e. The summed E-state index contributed by atoms with van der Waals surface area (Å²) < 4.78 is 4.97. The maximum absolute atomic E-state index is 12.4. The molecule has 2 amide bonds. The van der Waals surface area contributed by atoms with E-state index in [9.17, 15) is 9.59 Å². The number of methoxy groups -OCH3 is 1. The number of carbonyl (C=O) groups is 2. The number of rotatable bonds is 9. The number of benzene rings is 2. The van der Waals surface area contributed by atoms with Gasteiger partial charge < -0.3 is 15.0 Å². The van der Waals surface area contributed by atoms with Crippen LogP contribution < -0.4 is 5.32 Å². The van der Waals surface area contributed by atoms with Crippen LogP contribution >= 0.6 is 11.3 Å². The van der Waals surface area contributed by atoms with Gasteiger partial charge in [-0.3, -0.25) is 9.59 Å². The molecule has 0 aliphatic rings. The molecule has 2 aromatic carbocycles. The van der Waals surface area contributed by atoms with E-state index in [-0.39, 0.29) is 31.4 Å². The molecule has 8 heteroatoms. The summed E-state index contributed by atoms with van der Waals surface area (Å²) in [7, 11) is 1.48. The van der Waals surface area contributed by atoms with Gasteiger partial charge in [0.1, 0.15) is 11.6 Å². The molecule has 0 spiro atoms. The van der Waals surface area contributed by atoms with Gasteiger partial charge in [-0.05, 0) is 18.6 Å². The summed E-state index contributed by atoms with van der Waals surface area (Å²) in [5, 5.41) is 12.2. The predicted molar refractivity (Wildman–Crippen MR) is 117 cm³/mol. The van der Waals surface area contributed by atoms with Crippen LogP contribution in [0.2, 0.25) is 0 Å². The third kappa shape index (κ3) is 6.20. The minimum Gasteiger partial charge on any atom is -0.375 e. The highest BCUT2D eigenvalue weighted by atomic mass is 32.1. The second-order valence-corrected chi connectivity index (χ2v) is 7.79. The predicted octanol–water partition coefficient (Wildman–Crippen LogP) is 3.52. The summed E-state index contributed by atoms with van der Waals surface area (Å²) in [5.41, 5.74) is 3.09. The zero-order chi connectivity index (χ0) is 21.3. The van der Waals surface area contributed by atoms with E-state index in [2.05, 4.69) is 15.5 Å². The second-order valence-electron chi connectivity index (χ2n) is 6.81. The third-order valence-corrected chi connectivity index (χ3v) is 5.27. The number of aromatic nitrogens is 2. The van der Waals surface area contributed by atoms with E-state index >= 15 is 0 Å². The lowest BCUT2D eigenvalue weighted by Crippen LogP contribution is -2.35. The van der Waals surface area contributed by atoms with Crippen LogP contribution in [0.1, 0.15) is 17.5 Å². The summed E-state index contributed by atoms with van der Waals surface area (Å²) in [6.45, 7) is 2.70. The van der Waals surface area contributed by atoms with Crippen molar-refractivity contribution in [2.45, 2.75) is 19.9 Å². The number of carbonyl (C=O) groups excluding carboxylic acids is 2. The molecule has 0 bridgehead atoms. The van der Waals surface area contributed by atoms with Crippen molar-refractivity contribution in [3.05, 3.63) is 65.7 Å². The maximum atomic E-state index is 12.4. The van der Waals surface area contributed by atoms with Crippen molar-refractivity contribution >= 4 is 28.3 Å². The fourth-order valence-electron chi connectivity index (χ4n) is 2.90. The molecule has 3 aromatic rings. The van der Waals surface area contributed by atoms with E-state index in [1.807, 2.05) is 61.5 Å². The van der Waals surface area contributed by atoms with Crippen LogP contribution in [0.4, 0.5) is 5.13 Å². The SMILES string of the molecule is COCC(=O)N(CCC(=O)Nc1nnc(-c2cccc(C)c2)s1)Cc1ccccc1. The molecular formula is C22H24N4O3S. The molecule has 0 saturated carbocycles. The van der Waals surface area contributed by atoms with Crippen LogP contribution in [0.5, 0.6) is 0 Å². The van der Waals surface area contributed by atoms with E-state index in [4.69, 9.17) is 4.74 Å². The molecule has 0 atom stereocenters. The van der Waals surface area contributed by atoms with Crippen LogP contribution in [0, 0.1) is 6.92 Å². The van der Waals surface area contributed by atoms with Gasteiger partial charge in [0.15, 0.2) is 0 Å². The fourth-order valence-corrected chi connectivity index (χ4v) is 3.65. The van der Waals surface area contributed by atoms with Crippen molar-refractivity contribution in [3.63, 3.8) is 0 Å². The van der Waals surface area contributed by atoms with Crippen LogP contribution in [0.25, 0.3) is 10.6 Å². The molecule has 0 unspecified atom stereocenters. The smallest absolute Gasteiger partial charge is 0.248 e. The summed E-state index contributed by atoms with van der Waals surface area (Å²) in [6.07, 6.45) is 0.154. The molecule has 30 heavy (non-hydrogen) atoms. The van der Waals surface area contributed by atoms with Gasteiger partial charge >= 0.3 is 0 Å². The number of aryl methyl sites for hydroxylation is 1. The van der Waals surface area contributed by atoms with E-state index in [0.717, 1.165) is 21.7 Å². The number of hydrogen-bond acceptors (Lipinski definition) is 6. The van der Waals surface area contributed by atoms with E-state index in [0.29, 0.717) is 11.7 Å². The number of ether oxygens (including phenoxy) is 1. The average molecular weight is 425 g/mol. The first kappa shape index (κ1) is 21.6. The number of hydrogen-bond donors (Lipinski definition) is 1. The molecule has 1 aromatic heterocycles. The molecule has 7 nitrogen and oxygen atoms in total. The standard InChI is InChI=1S/C22H24N4O3S/c1-16-7-6-10-18(13-16)21-24-25-22(30-21)23-19(27)11-12-26(20(28)15-29-2)14-17-8-4-3-5-9-17/h3-10,13H,11-12,14-15H2,1-2H3,(H,23,25,27). The highest BCUT2D eigenvalue weighted by Gasteiger charge is 2.16. The molecule has 1 heterocycles. The molecule has 0 radical (unpaired) electrons. The molecule has 3 rings (SSSR count). The number of anilines is 1. The van der Waals surface area contributed by atoms with Crippen molar-refractivity contribution < 1.29 is 14.3 Å². The van der Waals surface area contributed by atoms with Gasteiger partial charge in [-0.15, -0.1) is 10.2 Å². The van der Waals surface area contributed by atoms with Crippen LogP contribution in [0.15, 0.2) is 54.6 Å². The Morgan fingerprint density at radius 1 is 1.10 bits per heavy atom. The Balaban J connectivity index is 1.58. The topological polar surface area (TPSA) is 84.4 Å². The Hall–Kier alpha value is -3.10. The lowest BCUT2D eigenvalue weighted by Gasteiger charge is -2.22. The van der Waals surface area contributed by atoms with Crippen molar-refractivity contribution in [1.29, 1.82) is 0 Å². The fraction of sp³-hybridized carbons (Fsp3) is 0.273. The number of nitrogens with one attached hydrogen (secondary N) is 1. The number of nitrogens with zero attached hydrogens (tertiary/aromatic N) is 3. The summed E-state index contributed by atoms with van der Waals surface area (Å²) >= 11 is 1.32. The van der Waals surface area contributed by atoms with Crippen molar-refractivity contribution in [2.75, 3.05) is 25.6 Å². The van der Waals surface area contributed by atoms with Gasteiger partial charge in [0, 0.05) is 32.2 Å². The van der Waals surface area contributed by atoms with E-state index in [1.54, 1.807) is 4.90 Å². The van der Waals surface area contributed by atoms with Crippen molar-refractivity contribution in [3.8, 4) is 10.6 Å². The average Bonchev–Trinajstić information content (AvgIpc) is 3.20. The monoisotopic (exact) mass is 424 g/mol. The lowest BCUT2D eigenvalue weighted by atomic mass is 10.1. The maximum Gasteiger partial charge on any atom is 0.248 e. The van der Waals surface area contributed by atoms with Crippen molar-refractivity contribution in [2.24, 2.45) is 0 Å². The summed E-state index contributed by atoms with van der Waals surface area (Å²) in [6, 6.07) is 17.6. The zero-order valence-electron chi connectivity index (χ0n) is 17.0. The Morgan fingerprint density at radius 2 is 1.90 bits per heavy atom. The first-order valence-electron chi connectivity index (χ1n) is 9.56. The van der Waals surface area contributed by atoms with Gasteiger partial charge in [-0.25, -0.2) is 0 Å². The van der Waals surface area contributed by atoms with Crippen LogP contribution in [0.3, 0.4) is 0 Å². The summed E-state index contributed by atoms with van der Waals surface area (Å²) in [5.74, 6) is -0.378. The highest BCUT2D eigenvalue weighted by molar-refractivity contribution is 7.18. The Kier molecular flexibility index (Phi) is 7.64. The molecular weight excluding hydrogens is 400 g/mol. The van der Waals surface area contributed by atoms with Crippen LogP contribution in [-0.2, 0) is 20.9 Å². The molecule has 0 aliphatic heterocycles. The quantitative estimate of drug-likeness (QED) is 0.568.